The van der Waals surface area contributed by atoms with Gasteiger partial charge in [0.1, 0.15) is 10.6 Å². The quantitative estimate of drug-likeness (QED) is 0.311. The van der Waals surface area contributed by atoms with Crippen LogP contribution in [0.4, 0.5) is 17.3 Å². The Balaban J connectivity index is 1.51. The van der Waals surface area contributed by atoms with Gasteiger partial charge in [-0.05, 0) is 44.7 Å². The molecule has 1 aromatic carbocycles. The smallest absolute Gasteiger partial charge is 0.259 e. The van der Waals surface area contributed by atoms with Gasteiger partial charge in [0, 0.05) is 55.3 Å². The van der Waals surface area contributed by atoms with Gasteiger partial charge in [0.2, 0.25) is 11.8 Å². The topological polar surface area (TPSA) is 119 Å². The largest absolute Gasteiger partial charge is 0.489 e. The number of primary amides is 1. The first kappa shape index (κ1) is 26.6. The summed E-state index contributed by atoms with van der Waals surface area (Å²) in [7, 11) is 1.54. The van der Waals surface area contributed by atoms with Crippen LogP contribution in [0.15, 0.2) is 42.7 Å². The predicted molar refractivity (Wildman–Crippen MR) is 156 cm³/mol. The monoisotopic (exact) mass is 547 g/mol. The number of carbonyl (C=O) groups is 1. The number of hydrogen-bond acceptors (Lipinski definition) is 10. The molecule has 0 atom stereocenters. The van der Waals surface area contributed by atoms with Gasteiger partial charge in [-0.3, -0.25) is 4.79 Å². The summed E-state index contributed by atoms with van der Waals surface area (Å²) in [6, 6.07) is 9.79. The van der Waals surface area contributed by atoms with Crippen LogP contribution in [0.25, 0.3) is 21.3 Å². The van der Waals surface area contributed by atoms with Gasteiger partial charge in [-0.25, -0.2) is 15.0 Å². The van der Waals surface area contributed by atoms with E-state index < -0.39 is 5.91 Å². The Morgan fingerprint density at radius 2 is 1.97 bits per heavy atom. The number of aromatic nitrogens is 3. The van der Waals surface area contributed by atoms with Crippen molar-refractivity contribution in [1.82, 2.24) is 19.9 Å². The molecule has 0 saturated carbocycles. The normalized spacial score (nSPS) is 14.1. The highest BCUT2D eigenvalue weighted by molar-refractivity contribution is 7.21. The van der Waals surface area contributed by atoms with Crippen LogP contribution in [0, 0.1) is 0 Å². The number of rotatable bonds is 9. The van der Waals surface area contributed by atoms with Gasteiger partial charge in [-0.1, -0.05) is 6.92 Å². The number of likely N-dealkylation sites (N-methyl/N-ethyl adjacent to an activating group) is 1. The van der Waals surface area contributed by atoms with E-state index in [0.29, 0.717) is 33.3 Å². The molecule has 10 nitrogen and oxygen atoms in total. The third kappa shape index (κ3) is 5.59. The lowest BCUT2D eigenvalue weighted by molar-refractivity contribution is 0.100. The summed E-state index contributed by atoms with van der Waals surface area (Å²) in [5.74, 6) is 0.937. The van der Waals surface area contributed by atoms with E-state index in [1.54, 1.807) is 18.5 Å². The molecule has 1 fully saturated rings. The average Bonchev–Trinajstić information content (AvgIpc) is 3.33. The molecule has 0 radical (unpaired) electrons. The second-order valence-electron chi connectivity index (χ2n) is 9.53. The third-order valence-electron chi connectivity index (χ3n) is 6.65. The molecule has 3 aromatic heterocycles. The van der Waals surface area contributed by atoms with Crippen molar-refractivity contribution in [3.63, 3.8) is 0 Å². The maximum atomic E-state index is 12.4. The van der Waals surface area contributed by atoms with E-state index in [2.05, 4.69) is 44.1 Å². The number of hydrogen-bond donors (Lipinski definition) is 2. The number of nitrogens with one attached hydrogen (secondary N) is 1. The van der Waals surface area contributed by atoms with Crippen LogP contribution < -0.4 is 25.4 Å². The second kappa shape index (κ2) is 11.4. The van der Waals surface area contributed by atoms with Crippen LogP contribution in [-0.4, -0.2) is 71.7 Å². The Hall–Kier alpha value is -3.96. The van der Waals surface area contributed by atoms with Crippen molar-refractivity contribution in [2.75, 3.05) is 50.1 Å². The Morgan fingerprint density at radius 1 is 1.18 bits per heavy atom. The van der Waals surface area contributed by atoms with E-state index in [1.165, 1.54) is 18.4 Å². The van der Waals surface area contributed by atoms with Crippen LogP contribution in [0.5, 0.6) is 11.6 Å². The molecule has 0 bridgehead atoms. The highest BCUT2D eigenvalue weighted by Gasteiger charge is 2.24. The van der Waals surface area contributed by atoms with Gasteiger partial charge in [0.25, 0.3) is 5.91 Å². The summed E-state index contributed by atoms with van der Waals surface area (Å²) >= 11 is 1.25. The van der Waals surface area contributed by atoms with Crippen molar-refractivity contribution >= 4 is 44.8 Å². The summed E-state index contributed by atoms with van der Waals surface area (Å²) in [5.41, 5.74) is 9.44. The first-order valence-electron chi connectivity index (χ1n) is 13.0. The van der Waals surface area contributed by atoms with Crippen molar-refractivity contribution in [2.45, 2.75) is 26.9 Å². The zero-order chi connectivity index (χ0) is 27.5. The number of fused-ring (bicyclic) bond motifs is 1. The molecule has 1 saturated heterocycles. The van der Waals surface area contributed by atoms with Crippen LogP contribution in [-0.2, 0) is 0 Å². The number of thiophene rings is 1. The molecule has 0 aliphatic carbocycles. The fourth-order valence-electron chi connectivity index (χ4n) is 4.73. The standard InChI is InChI=1S/C28H33N7O3S/c1-5-34-11-13-35(14-12-34)18-8-9-20(21(15-18)38-17(2)3)32-28-31-16-22-24(33-28)23(25(39-22)26(29)36)19-7-6-10-30-27(19)37-4/h6-10,15-17H,5,11-14H2,1-4H3,(H2,29,36)(H,31,32,33). The minimum Gasteiger partial charge on any atom is -0.489 e. The van der Waals surface area contributed by atoms with Gasteiger partial charge in [0.05, 0.1) is 35.3 Å². The van der Waals surface area contributed by atoms with Gasteiger partial charge in [-0.15, -0.1) is 11.3 Å². The molecule has 1 amide bonds. The number of ether oxygens (including phenoxy) is 2. The lowest BCUT2D eigenvalue weighted by Crippen LogP contribution is -2.46. The molecule has 3 N–H and O–H groups in total. The summed E-state index contributed by atoms with van der Waals surface area (Å²) < 4.78 is 12.4. The van der Waals surface area contributed by atoms with Gasteiger partial charge in [-0.2, -0.15) is 0 Å². The van der Waals surface area contributed by atoms with E-state index >= 15 is 0 Å². The molecule has 4 heterocycles. The zero-order valence-electron chi connectivity index (χ0n) is 22.6. The van der Waals surface area contributed by atoms with Crippen LogP contribution in [0.3, 0.4) is 0 Å². The molecular weight excluding hydrogens is 514 g/mol. The van der Waals surface area contributed by atoms with Crippen molar-refractivity contribution in [2.24, 2.45) is 5.73 Å². The van der Waals surface area contributed by atoms with Crippen LogP contribution in [0.2, 0.25) is 0 Å². The number of anilines is 3. The minimum atomic E-state index is -0.545. The van der Waals surface area contributed by atoms with Crippen molar-refractivity contribution in [1.29, 1.82) is 0 Å². The Kier molecular flexibility index (Phi) is 7.80. The number of methoxy groups -OCH3 is 1. The molecule has 0 unspecified atom stereocenters. The first-order chi connectivity index (χ1) is 18.9. The fourth-order valence-corrected chi connectivity index (χ4v) is 5.70. The molecule has 0 spiro atoms. The van der Waals surface area contributed by atoms with Crippen molar-refractivity contribution in [3.05, 3.63) is 47.6 Å². The number of amides is 1. The lowest BCUT2D eigenvalue weighted by Gasteiger charge is -2.35. The number of pyridine rings is 1. The van der Waals surface area contributed by atoms with Crippen molar-refractivity contribution in [3.8, 4) is 22.8 Å². The van der Waals surface area contributed by atoms with Crippen LogP contribution in [0.1, 0.15) is 30.4 Å². The molecule has 39 heavy (non-hydrogen) atoms. The maximum absolute atomic E-state index is 12.4. The second-order valence-corrected chi connectivity index (χ2v) is 10.6. The Bertz CT molecular complexity index is 1480. The first-order valence-corrected chi connectivity index (χ1v) is 13.8. The molecule has 1 aliphatic heterocycles. The molecule has 1 aliphatic rings. The van der Waals surface area contributed by atoms with Gasteiger partial charge < -0.3 is 30.3 Å². The van der Waals surface area contributed by atoms with E-state index in [0.717, 1.165) is 54.5 Å². The summed E-state index contributed by atoms with van der Waals surface area (Å²) in [5, 5.41) is 3.33. The van der Waals surface area contributed by atoms with Gasteiger partial charge in [0.15, 0.2) is 0 Å². The third-order valence-corrected chi connectivity index (χ3v) is 7.78. The SMILES string of the molecule is CCN1CCN(c2ccc(Nc3ncc4sc(C(N)=O)c(-c5cccnc5OC)c4n3)c(OC(C)C)c2)CC1. The minimum absolute atomic E-state index is 0.0132. The van der Waals surface area contributed by atoms with E-state index in [4.69, 9.17) is 20.2 Å². The van der Waals surface area contributed by atoms with Crippen LogP contribution >= 0.6 is 11.3 Å². The van der Waals surface area contributed by atoms with E-state index in [1.807, 2.05) is 26.0 Å². The van der Waals surface area contributed by atoms with E-state index in [-0.39, 0.29) is 6.10 Å². The highest BCUT2D eigenvalue weighted by atomic mass is 32.1. The molecule has 4 aromatic rings. The maximum Gasteiger partial charge on any atom is 0.259 e. The Labute approximate surface area is 231 Å². The summed E-state index contributed by atoms with van der Waals surface area (Å²) in [6.45, 7) is 11.3. The predicted octanol–water partition coefficient (Wildman–Crippen LogP) is 4.53. The van der Waals surface area contributed by atoms with Gasteiger partial charge >= 0.3 is 0 Å². The summed E-state index contributed by atoms with van der Waals surface area (Å²) in [4.78, 5) is 31.2. The number of carbonyl (C=O) groups excluding carboxylic acids is 1. The molecule has 11 heteroatoms. The number of piperazine rings is 1. The number of nitrogens with two attached hydrogens (primary N) is 1. The van der Waals surface area contributed by atoms with E-state index in [9.17, 15) is 4.79 Å². The number of nitrogens with zero attached hydrogens (tertiary/aromatic N) is 5. The molecule has 5 rings (SSSR count). The van der Waals surface area contributed by atoms with Crippen molar-refractivity contribution < 1.29 is 14.3 Å². The molecular formula is C28H33N7O3S. The summed E-state index contributed by atoms with van der Waals surface area (Å²) in [6.07, 6.45) is 3.31. The zero-order valence-corrected chi connectivity index (χ0v) is 23.4. The lowest BCUT2D eigenvalue weighted by atomic mass is 10.1. The Morgan fingerprint density at radius 3 is 2.67 bits per heavy atom. The average molecular weight is 548 g/mol. The molecule has 204 valence electrons. The highest BCUT2D eigenvalue weighted by Crippen LogP contribution is 2.41. The number of benzene rings is 1. The fraction of sp³-hybridized carbons (Fsp3) is 0.357.